The van der Waals surface area contributed by atoms with Gasteiger partial charge in [0.1, 0.15) is 5.75 Å². The summed E-state index contributed by atoms with van der Waals surface area (Å²) in [5.41, 5.74) is 15.0. The zero-order chi connectivity index (χ0) is 10.1. The molecule has 14 heavy (non-hydrogen) atoms. The van der Waals surface area contributed by atoms with E-state index in [1.165, 1.54) is 11.1 Å². The Bertz CT molecular complexity index is 349. The van der Waals surface area contributed by atoms with Crippen LogP contribution >= 0.6 is 0 Å². The maximum Gasteiger partial charge on any atom is 0.142 e. The van der Waals surface area contributed by atoms with Gasteiger partial charge in [-0.15, -0.1) is 0 Å². The lowest BCUT2D eigenvalue weighted by atomic mass is 9.87. The topological polar surface area (TPSA) is 61.3 Å². The molecule has 1 aromatic rings. The number of ether oxygens (including phenoxy) is 1. The van der Waals surface area contributed by atoms with Gasteiger partial charge in [-0.25, -0.2) is 0 Å². The summed E-state index contributed by atoms with van der Waals surface area (Å²) in [4.78, 5) is 0. The smallest absolute Gasteiger partial charge is 0.142 e. The van der Waals surface area contributed by atoms with E-state index in [1.807, 2.05) is 12.1 Å². The zero-order valence-electron chi connectivity index (χ0n) is 8.42. The van der Waals surface area contributed by atoms with Crippen LogP contribution in [0.25, 0.3) is 0 Å². The number of rotatable bonds is 1. The second kappa shape index (κ2) is 3.50. The predicted octanol–water partition coefficient (Wildman–Crippen LogP) is 1.61. The van der Waals surface area contributed by atoms with Crippen LogP contribution in [0.4, 0.5) is 5.69 Å². The number of methoxy groups -OCH3 is 1. The molecule has 4 N–H and O–H groups in total. The number of fused-ring (bicyclic) bond motifs is 1. The summed E-state index contributed by atoms with van der Waals surface area (Å²) in [7, 11) is 1.63. The Morgan fingerprint density at radius 3 is 2.93 bits per heavy atom. The third kappa shape index (κ3) is 1.44. The van der Waals surface area contributed by atoms with Crippen LogP contribution in [-0.2, 0) is 6.42 Å². The SMILES string of the molecule is COc1cc2c(cc1N)CCC[C@H]2N. The molecule has 0 saturated heterocycles. The standard InChI is InChI=1S/C11H16N2O/c1-14-11-6-8-7(5-10(11)13)3-2-4-9(8)12/h5-6,9H,2-4,12-13H2,1H3/t9-/m1/s1. The molecule has 0 heterocycles. The summed E-state index contributed by atoms with van der Waals surface area (Å²) in [6, 6.07) is 4.12. The first-order valence-corrected chi connectivity index (χ1v) is 4.94. The van der Waals surface area contributed by atoms with Crippen molar-refractivity contribution in [2.45, 2.75) is 25.3 Å². The highest BCUT2D eigenvalue weighted by Gasteiger charge is 2.18. The predicted molar refractivity (Wildman–Crippen MR) is 57.3 cm³/mol. The normalized spacial score (nSPS) is 20.3. The molecule has 0 bridgehead atoms. The summed E-state index contributed by atoms with van der Waals surface area (Å²) in [5.74, 6) is 0.737. The lowest BCUT2D eigenvalue weighted by Gasteiger charge is -2.23. The second-order valence-corrected chi connectivity index (χ2v) is 3.79. The molecule has 1 atom stereocenters. The third-order valence-corrected chi connectivity index (χ3v) is 2.85. The van der Waals surface area contributed by atoms with Gasteiger partial charge in [0, 0.05) is 6.04 Å². The van der Waals surface area contributed by atoms with Crippen molar-refractivity contribution in [2.24, 2.45) is 5.73 Å². The highest BCUT2D eigenvalue weighted by atomic mass is 16.5. The molecule has 0 fully saturated rings. The number of hydrogen-bond donors (Lipinski definition) is 2. The van der Waals surface area contributed by atoms with Crippen molar-refractivity contribution >= 4 is 5.69 Å². The Labute approximate surface area is 84.0 Å². The number of nitrogen functional groups attached to an aromatic ring is 1. The van der Waals surface area contributed by atoms with Gasteiger partial charge in [0.2, 0.25) is 0 Å². The number of benzene rings is 1. The van der Waals surface area contributed by atoms with E-state index in [0.717, 1.165) is 25.0 Å². The first kappa shape index (κ1) is 9.34. The van der Waals surface area contributed by atoms with Crippen molar-refractivity contribution in [3.05, 3.63) is 23.3 Å². The van der Waals surface area contributed by atoms with Crippen molar-refractivity contribution in [3.8, 4) is 5.75 Å². The van der Waals surface area contributed by atoms with E-state index in [9.17, 15) is 0 Å². The fourth-order valence-corrected chi connectivity index (χ4v) is 2.07. The van der Waals surface area contributed by atoms with Gasteiger partial charge in [-0.05, 0) is 42.5 Å². The first-order valence-electron chi connectivity index (χ1n) is 4.94. The summed E-state index contributed by atoms with van der Waals surface area (Å²) < 4.78 is 5.18. The van der Waals surface area contributed by atoms with Crippen LogP contribution in [0.3, 0.4) is 0 Å². The average molecular weight is 192 g/mol. The van der Waals surface area contributed by atoms with Gasteiger partial charge in [0.15, 0.2) is 0 Å². The molecule has 0 radical (unpaired) electrons. The summed E-state index contributed by atoms with van der Waals surface area (Å²) in [6.07, 6.45) is 3.29. The van der Waals surface area contributed by atoms with Crippen LogP contribution in [0.1, 0.15) is 30.0 Å². The van der Waals surface area contributed by atoms with Crippen LogP contribution in [0.15, 0.2) is 12.1 Å². The molecule has 2 rings (SSSR count). The molecular weight excluding hydrogens is 176 g/mol. The molecule has 0 spiro atoms. The molecule has 0 aromatic heterocycles. The molecule has 1 aliphatic carbocycles. The molecule has 3 nitrogen and oxygen atoms in total. The largest absolute Gasteiger partial charge is 0.495 e. The van der Waals surface area contributed by atoms with Gasteiger partial charge in [-0.1, -0.05) is 0 Å². The Kier molecular flexibility index (Phi) is 2.33. The van der Waals surface area contributed by atoms with Crippen LogP contribution in [-0.4, -0.2) is 7.11 Å². The van der Waals surface area contributed by atoms with Gasteiger partial charge >= 0.3 is 0 Å². The lowest BCUT2D eigenvalue weighted by Crippen LogP contribution is -2.17. The number of hydrogen-bond acceptors (Lipinski definition) is 3. The molecule has 3 heteroatoms. The monoisotopic (exact) mass is 192 g/mol. The van der Waals surface area contributed by atoms with Crippen molar-refractivity contribution in [2.75, 3.05) is 12.8 Å². The molecular formula is C11H16N2O. The Balaban J connectivity index is 2.49. The number of aryl methyl sites for hydroxylation is 1. The van der Waals surface area contributed by atoms with E-state index in [-0.39, 0.29) is 6.04 Å². The third-order valence-electron chi connectivity index (χ3n) is 2.85. The molecule has 0 saturated carbocycles. The van der Waals surface area contributed by atoms with Gasteiger partial charge < -0.3 is 16.2 Å². The van der Waals surface area contributed by atoms with Gasteiger partial charge in [-0.3, -0.25) is 0 Å². The second-order valence-electron chi connectivity index (χ2n) is 3.79. The van der Waals surface area contributed by atoms with Gasteiger partial charge in [0.25, 0.3) is 0 Å². The van der Waals surface area contributed by atoms with Crippen LogP contribution in [0, 0.1) is 0 Å². The van der Waals surface area contributed by atoms with Crippen molar-refractivity contribution in [1.29, 1.82) is 0 Å². The van der Waals surface area contributed by atoms with Crippen molar-refractivity contribution < 1.29 is 4.74 Å². The van der Waals surface area contributed by atoms with E-state index in [4.69, 9.17) is 16.2 Å². The van der Waals surface area contributed by atoms with Crippen LogP contribution in [0.5, 0.6) is 5.75 Å². The number of nitrogens with two attached hydrogens (primary N) is 2. The molecule has 1 aliphatic rings. The van der Waals surface area contributed by atoms with Crippen molar-refractivity contribution in [1.82, 2.24) is 0 Å². The maximum atomic E-state index is 6.02. The Morgan fingerprint density at radius 1 is 1.43 bits per heavy atom. The van der Waals surface area contributed by atoms with E-state index in [0.29, 0.717) is 5.69 Å². The van der Waals surface area contributed by atoms with Gasteiger partial charge in [-0.2, -0.15) is 0 Å². The highest BCUT2D eigenvalue weighted by molar-refractivity contribution is 5.58. The average Bonchev–Trinajstić information content (AvgIpc) is 2.17. The first-order chi connectivity index (χ1) is 6.72. The number of anilines is 1. The van der Waals surface area contributed by atoms with Crippen LogP contribution < -0.4 is 16.2 Å². The maximum absolute atomic E-state index is 6.02. The van der Waals surface area contributed by atoms with E-state index in [1.54, 1.807) is 7.11 Å². The summed E-state index contributed by atoms with van der Waals surface area (Å²) in [6.45, 7) is 0. The molecule has 0 amide bonds. The van der Waals surface area contributed by atoms with E-state index in [2.05, 4.69) is 0 Å². The summed E-state index contributed by atoms with van der Waals surface area (Å²) >= 11 is 0. The van der Waals surface area contributed by atoms with E-state index < -0.39 is 0 Å². The Hall–Kier alpha value is -1.22. The fourth-order valence-electron chi connectivity index (χ4n) is 2.07. The quantitative estimate of drug-likeness (QED) is 0.664. The fraction of sp³-hybridized carbons (Fsp3) is 0.455. The molecule has 76 valence electrons. The Morgan fingerprint density at radius 2 is 2.21 bits per heavy atom. The zero-order valence-corrected chi connectivity index (χ0v) is 8.42. The molecule has 1 aromatic carbocycles. The van der Waals surface area contributed by atoms with Crippen LogP contribution in [0.2, 0.25) is 0 Å². The lowest BCUT2D eigenvalue weighted by molar-refractivity contribution is 0.414. The summed E-state index contributed by atoms with van der Waals surface area (Å²) in [5, 5.41) is 0. The molecule has 0 unspecified atom stereocenters. The minimum Gasteiger partial charge on any atom is -0.495 e. The highest BCUT2D eigenvalue weighted by Crippen LogP contribution is 2.34. The van der Waals surface area contributed by atoms with E-state index >= 15 is 0 Å². The van der Waals surface area contributed by atoms with Crippen molar-refractivity contribution in [3.63, 3.8) is 0 Å². The minimum atomic E-state index is 0.147. The van der Waals surface area contributed by atoms with Gasteiger partial charge in [0.05, 0.1) is 12.8 Å². The minimum absolute atomic E-state index is 0.147. The molecule has 0 aliphatic heterocycles.